The third-order valence-electron chi connectivity index (χ3n) is 10.8. The molecule has 0 saturated heterocycles. The van der Waals surface area contributed by atoms with Gasteiger partial charge in [-0.05, 0) is 75.2 Å². The quantitative estimate of drug-likeness (QED) is 0.520. The number of rotatable bonds is 7. The maximum absolute atomic E-state index is 13.8. The van der Waals surface area contributed by atoms with Crippen LogP contribution in [0, 0.1) is 34.0 Å². The molecule has 4 aliphatic rings. The van der Waals surface area contributed by atoms with Gasteiger partial charge in [0.05, 0.1) is 11.5 Å². The number of allylic oxidation sites excluding steroid dienone is 4. The molecule has 0 amide bonds. The number of ketones is 2. The van der Waals surface area contributed by atoms with Crippen molar-refractivity contribution in [3.8, 4) is 0 Å². The Morgan fingerprint density at radius 2 is 1.88 bits per heavy atom. The first-order valence-electron chi connectivity index (χ1n) is 13.3. The molecule has 0 aliphatic heterocycles. The Labute approximate surface area is 205 Å². The van der Waals surface area contributed by atoms with Gasteiger partial charge in [-0.1, -0.05) is 44.4 Å². The summed E-state index contributed by atoms with van der Waals surface area (Å²) in [6.07, 6.45) is 7.35. The van der Waals surface area contributed by atoms with E-state index in [1.165, 1.54) is 11.1 Å². The van der Waals surface area contributed by atoms with Gasteiger partial charge in [-0.25, -0.2) is 0 Å². The highest BCUT2D eigenvalue weighted by Gasteiger charge is 2.63. The number of ether oxygens (including phenoxy) is 1. The van der Waals surface area contributed by atoms with Crippen LogP contribution in [0.4, 0.5) is 0 Å². The first-order valence-corrected chi connectivity index (χ1v) is 13.3. The maximum atomic E-state index is 13.8. The molecule has 0 aromatic rings. The second-order valence-corrected chi connectivity index (χ2v) is 12.1. The molecule has 8 atom stereocenters. The topological polar surface area (TPSA) is 83.8 Å². The summed E-state index contributed by atoms with van der Waals surface area (Å²) in [4.78, 5) is 26.6. The van der Waals surface area contributed by atoms with Crippen LogP contribution in [0.2, 0.25) is 0 Å². The molecule has 5 heteroatoms. The Morgan fingerprint density at radius 1 is 1.18 bits per heavy atom. The van der Waals surface area contributed by atoms with Gasteiger partial charge in [0, 0.05) is 31.5 Å². The number of aliphatic hydroxyl groups is 2. The van der Waals surface area contributed by atoms with Crippen LogP contribution >= 0.6 is 0 Å². The van der Waals surface area contributed by atoms with Gasteiger partial charge in [0.15, 0.2) is 11.6 Å². The molecule has 5 nitrogen and oxygen atoms in total. The summed E-state index contributed by atoms with van der Waals surface area (Å²) in [6, 6.07) is 0. The van der Waals surface area contributed by atoms with Crippen molar-refractivity contribution in [3.63, 3.8) is 0 Å². The largest absolute Gasteiger partial charge is 0.396 e. The van der Waals surface area contributed by atoms with E-state index in [0.29, 0.717) is 19.3 Å². The van der Waals surface area contributed by atoms with Gasteiger partial charge < -0.3 is 14.9 Å². The van der Waals surface area contributed by atoms with Crippen molar-refractivity contribution in [1.29, 1.82) is 0 Å². The molecule has 0 radical (unpaired) electrons. The Bertz CT molecular complexity index is 913. The molecular weight excluding hydrogens is 428 g/mol. The van der Waals surface area contributed by atoms with E-state index >= 15 is 0 Å². The summed E-state index contributed by atoms with van der Waals surface area (Å²) >= 11 is 0. The molecule has 1 fully saturated rings. The normalized spacial score (nSPS) is 41.4. The summed E-state index contributed by atoms with van der Waals surface area (Å²) < 4.78 is 5.38. The number of hydrogen-bond acceptors (Lipinski definition) is 5. The molecule has 0 aromatic heterocycles. The van der Waals surface area contributed by atoms with Crippen molar-refractivity contribution >= 4 is 11.6 Å². The number of aliphatic hydroxyl groups excluding tert-OH is 2. The van der Waals surface area contributed by atoms with Crippen molar-refractivity contribution < 1.29 is 24.5 Å². The lowest BCUT2D eigenvalue weighted by Crippen LogP contribution is -2.53. The third kappa shape index (κ3) is 3.44. The van der Waals surface area contributed by atoms with Crippen molar-refractivity contribution in [2.45, 2.75) is 98.2 Å². The van der Waals surface area contributed by atoms with Crippen LogP contribution in [0.3, 0.4) is 0 Å². The van der Waals surface area contributed by atoms with Crippen LogP contribution in [0.5, 0.6) is 0 Å². The standard InChI is InChI=1S/C29H44O5/c1-7-25(34-6)24(32)14-17(2)22-15-26(33)29(5)21-9-8-19-18(16-30)23(31)11-12-27(19,3)20(21)10-13-28(22,29)4/h15,17-19,23,25,30-31H,7-14,16H2,1-6H3. The zero-order chi connectivity index (χ0) is 25.1. The predicted molar refractivity (Wildman–Crippen MR) is 132 cm³/mol. The van der Waals surface area contributed by atoms with E-state index in [1.54, 1.807) is 7.11 Å². The molecule has 0 heterocycles. The molecule has 4 rings (SSSR count). The predicted octanol–water partition coefficient (Wildman–Crippen LogP) is 4.80. The van der Waals surface area contributed by atoms with Crippen LogP contribution in [-0.4, -0.2) is 47.7 Å². The fourth-order valence-electron chi connectivity index (χ4n) is 8.54. The van der Waals surface area contributed by atoms with Crippen molar-refractivity contribution in [2.24, 2.45) is 34.0 Å². The van der Waals surface area contributed by atoms with Crippen LogP contribution in [0.15, 0.2) is 22.8 Å². The summed E-state index contributed by atoms with van der Waals surface area (Å²) in [6.45, 7) is 10.8. The second-order valence-electron chi connectivity index (χ2n) is 12.1. The van der Waals surface area contributed by atoms with E-state index in [4.69, 9.17) is 4.74 Å². The summed E-state index contributed by atoms with van der Waals surface area (Å²) in [5.41, 5.74) is 2.94. The van der Waals surface area contributed by atoms with E-state index in [2.05, 4.69) is 27.7 Å². The lowest BCUT2D eigenvalue weighted by Gasteiger charge is -2.59. The molecule has 190 valence electrons. The maximum Gasteiger partial charge on any atom is 0.166 e. The van der Waals surface area contributed by atoms with Crippen LogP contribution in [0.1, 0.15) is 86.0 Å². The minimum atomic E-state index is -0.572. The number of carbonyl (C=O) groups is 2. The highest BCUT2D eigenvalue weighted by atomic mass is 16.5. The van der Waals surface area contributed by atoms with Crippen molar-refractivity contribution in [2.75, 3.05) is 13.7 Å². The van der Waals surface area contributed by atoms with Gasteiger partial charge >= 0.3 is 0 Å². The zero-order valence-corrected chi connectivity index (χ0v) is 21.9. The Morgan fingerprint density at radius 3 is 2.50 bits per heavy atom. The molecule has 8 unspecified atom stereocenters. The SMILES string of the molecule is CCC(OC)C(=O)CC(C)C1=CC(=O)C2(C)C3=C(CCC12C)C1(C)CCC(O)C(CO)C1CC3. The van der Waals surface area contributed by atoms with Gasteiger partial charge in [-0.2, -0.15) is 0 Å². The van der Waals surface area contributed by atoms with Crippen LogP contribution in [-0.2, 0) is 14.3 Å². The fraction of sp³-hybridized carbons (Fsp3) is 0.793. The highest BCUT2D eigenvalue weighted by Crippen LogP contribution is 2.69. The molecule has 0 spiro atoms. The minimum Gasteiger partial charge on any atom is -0.396 e. The van der Waals surface area contributed by atoms with Crippen LogP contribution < -0.4 is 0 Å². The number of fused-ring (bicyclic) bond motifs is 4. The molecule has 4 aliphatic carbocycles. The third-order valence-corrected chi connectivity index (χ3v) is 10.8. The molecular formula is C29H44O5. The fourth-order valence-corrected chi connectivity index (χ4v) is 8.54. The highest BCUT2D eigenvalue weighted by molar-refractivity contribution is 6.02. The Kier molecular flexibility index (Phi) is 6.81. The molecule has 0 bridgehead atoms. The first-order chi connectivity index (χ1) is 16.0. The molecule has 34 heavy (non-hydrogen) atoms. The molecule has 1 saturated carbocycles. The average Bonchev–Trinajstić information content (AvgIpc) is 3.01. The van der Waals surface area contributed by atoms with E-state index < -0.39 is 11.5 Å². The molecule has 0 aromatic carbocycles. The summed E-state index contributed by atoms with van der Waals surface area (Å²) in [5.74, 6) is 0.480. The van der Waals surface area contributed by atoms with Gasteiger partial charge in [0.2, 0.25) is 0 Å². The number of hydrogen-bond donors (Lipinski definition) is 2. The number of Topliss-reactive ketones (excluding diaryl/α,β-unsaturated/α-hetero) is 1. The summed E-state index contributed by atoms with van der Waals surface area (Å²) in [7, 11) is 1.59. The van der Waals surface area contributed by atoms with Gasteiger partial charge in [-0.3, -0.25) is 9.59 Å². The van der Waals surface area contributed by atoms with E-state index in [0.717, 1.165) is 37.7 Å². The molecule has 2 N–H and O–H groups in total. The smallest absolute Gasteiger partial charge is 0.166 e. The number of methoxy groups -OCH3 is 1. The zero-order valence-electron chi connectivity index (χ0n) is 21.9. The second kappa shape index (κ2) is 8.97. The van der Waals surface area contributed by atoms with E-state index in [1.807, 2.05) is 13.0 Å². The summed E-state index contributed by atoms with van der Waals surface area (Å²) in [5, 5.41) is 20.6. The average molecular weight is 473 g/mol. The van der Waals surface area contributed by atoms with E-state index in [9.17, 15) is 19.8 Å². The van der Waals surface area contributed by atoms with Crippen LogP contribution in [0.25, 0.3) is 0 Å². The first kappa shape index (κ1) is 25.8. The van der Waals surface area contributed by atoms with Gasteiger partial charge in [-0.15, -0.1) is 0 Å². The van der Waals surface area contributed by atoms with Crippen molar-refractivity contribution in [1.82, 2.24) is 0 Å². The van der Waals surface area contributed by atoms with Crippen molar-refractivity contribution in [3.05, 3.63) is 22.8 Å². The number of carbonyl (C=O) groups excluding carboxylic acids is 2. The van der Waals surface area contributed by atoms with E-state index in [-0.39, 0.29) is 52.9 Å². The Hall–Kier alpha value is -1.30. The van der Waals surface area contributed by atoms with Gasteiger partial charge in [0.25, 0.3) is 0 Å². The lowest BCUT2D eigenvalue weighted by atomic mass is 9.45. The van der Waals surface area contributed by atoms with Gasteiger partial charge in [0.1, 0.15) is 6.10 Å². The minimum absolute atomic E-state index is 0.00477. The lowest BCUT2D eigenvalue weighted by molar-refractivity contribution is -0.129. The monoisotopic (exact) mass is 472 g/mol. The Balaban J connectivity index is 1.68.